The van der Waals surface area contributed by atoms with E-state index in [-0.39, 0.29) is 0 Å². The third-order valence-electron chi connectivity index (χ3n) is 5.90. The second kappa shape index (κ2) is 8.66. The molecule has 2 saturated heterocycles. The molecule has 0 N–H and O–H groups in total. The van der Waals surface area contributed by atoms with Crippen molar-refractivity contribution in [2.24, 2.45) is 0 Å². The highest BCUT2D eigenvalue weighted by Crippen LogP contribution is 2.23. The lowest BCUT2D eigenvalue weighted by molar-refractivity contribution is 0.312. The Hall–Kier alpha value is -2.86. The van der Waals surface area contributed by atoms with E-state index >= 15 is 0 Å². The van der Waals surface area contributed by atoms with Crippen LogP contribution in [0.5, 0.6) is 0 Å². The van der Waals surface area contributed by atoms with Gasteiger partial charge in [0.25, 0.3) is 0 Å². The monoisotopic (exact) mass is 390 g/mol. The van der Waals surface area contributed by atoms with Crippen LogP contribution in [-0.2, 0) is 0 Å². The predicted molar refractivity (Wildman–Crippen MR) is 121 cm³/mol. The molecule has 2 aromatic heterocycles. The molecule has 0 aliphatic carbocycles. The summed E-state index contributed by atoms with van der Waals surface area (Å²) in [5.74, 6) is 2.08. The number of nitrogens with zero attached hydrogens (tertiary/aromatic N) is 6. The number of aromatic nitrogens is 2. The maximum atomic E-state index is 4.72. The van der Waals surface area contributed by atoms with Crippen LogP contribution in [-0.4, -0.2) is 79.2 Å². The Morgan fingerprint density at radius 3 is 2.24 bits per heavy atom. The first-order chi connectivity index (χ1) is 14.1. The van der Waals surface area contributed by atoms with Crippen molar-refractivity contribution in [3.63, 3.8) is 0 Å². The van der Waals surface area contributed by atoms with E-state index in [0.29, 0.717) is 0 Å². The SMILES string of the molecule is C=Cc1ccnc(N2CCN(C(=C)c3ccc(N4CCN(C)CC4)nc3)CC2)c1. The number of piperazine rings is 2. The van der Waals surface area contributed by atoms with Crippen molar-refractivity contribution < 1.29 is 0 Å². The van der Waals surface area contributed by atoms with Gasteiger partial charge in [-0.15, -0.1) is 0 Å². The van der Waals surface area contributed by atoms with Gasteiger partial charge in [0.2, 0.25) is 0 Å². The molecule has 2 aliphatic heterocycles. The fourth-order valence-electron chi connectivity index (χ4n) is 3.90. The molecule has 6 nitrogen and oxygen atoms in total. The van der Waals surface area contributed by atoms with Crippen LogP contribution in [0, 0.1) is 0 Å². The van der Waals surface area contributed by atoms with Gasteiger partial charge < -0.3 is 19.6 Å². The van der Waals surface area contributed by atoms with Gasteiger partial charge in [0, 0.05) is 76.0 Å². The lowest BCUT2D eigenvalue weighted by Crippen LogP contribution is -2.45. The van der Waals surface area contributed by atoms with Crippen LogP contribution in [0.3, 0.4) is 0 Å². The second-order valence-corrected chi connectivity index (χ2v) is 7.77. The zero-order valence-corrected chi connectivity index (χ0v) is 17.3. The van der Waals surface area contributed by atoms with Gasteiger partial charge in [0.05, 0.1) is 0 Å². The number of likely N-dealkylation sites (N-methyl/N-ethyl adjacent to an activating group) is 1. The van der Waals surface area contributed by atoms with Crippen molar-refractivity contribution in [1.29, 1.82) is 0 Å². The first kappa shape index (κ1) is 19.5. The molecular weight excluding hydrogens is 360 g/mol. The fourth-order valence-corrected chi connectivity index (χ4v) is 3.90. The van der Waals surface area contributed by atoms with Crippen molar-refractivity contribution >= 4 is 23.4 Å². The molecule has 0 aromatic carbocycles. The summed E-state index contributed by atoms with van der Waals surface area (Å²) in [6.07, 6.45) is 5.69. The van der Waals surface area contributed by atoms with Crippen molar-refractivity contribution in [2.45, 2.75) is 0 Å². The first-order valence-electron chi connectivity index (χ1n) is 10.3. The Morgan fingerprint density at radius 1 is 0.897 bits per heavy atom. The summed E-state index contributed by atoms with van der Waals surface area (Å²) in [6.45, 7) is 16.2. The summed E-state index contributed by atoms with van der Waals surface area (Å²) in [6, 6.07) is 8.36. The van der Waals surface area contributed by atoms with Crippen molar-refractivity contribution in [3.8, 4) is 0 Å². The normalized spacial score (nSPS) is 18.0. The van der Waals surface area contributed by atoms with Crippen molar-refractivity contribution in [3.05, 3.63) is 60.9 Å². The molecular formula is C23H30N6. The van der Waals surface area contributed by atoms with Gasteiger partial charge in [-0.1, -0.05) is 19.2 Å². The van der Waals surface area contributed by atoms with Crippen LogP contribution in [0.25, 0.3) is 11.8 Å². The van der Waals surface area contributed by atoms with E-state index in [4.69, 9.17) is 4.98 Å². The summed E-state index contributed by atoms with van der Waals surface area (Å²) >= 11 is 0. The summed E-state index contributed by atoms with van der Waals surface area (Å²) < 4.78 is 0. The van der Waals surface area contributed by atoms with E-state index in [1.807, 2.05) is 24.5 Å². The molecule has 0 unspecified atom stereocenters. The van der Waals surface area contributed by atoms with Crippen LogP contribution in [0.1, 0.15) is 11.1 Å². The minimum Gasteiger partial charge on any atom is -0.368 e. The average Bonchev–Trinajstić information content (AvgIpc) is 2.79. The van der Waals surface area contributed by atoms with E-state index in [0.717, 1.165) is 80.8 Å². The molecule has 0 spiro atoms. The van der Waals surface area contributed by atoms with Gasteiger partial charge >= 0.3 is 0 Å². The van der Waals surface area contributed by atoms with Crippen LogP contribution < -0.4 is 9.80 Å². The molecule has 2 aromatic rings. The predicted octanol–water partition coefficient (Wildman–Crippen LogP) is 2.66. The Morgan fingerprint density at radius 2 is 1.59 bits per heavy atom. The van der Waals surface area contributed by atoms with Crippen LogP contribution >= 0.6 is 0 Å². The fraction of sp³-hybridized carbons (Fsp3) is 0.391. The molecule has 0 atom stereocenters. The molecule has 0 amide bonds. The Labute approximate surface area is 173 Å². The molecule has 0 radical (unpaired) electrons. The van der Waals surface area contributed by atoms with Gasteiger partial charge in [-0.25, -0.2) is 9.97 Å². The molecule has 152 valence electrons. The second-order valence-electron chi connectivity index (χ2n) is 7.77. The average molecular weight is 391 g/mol. The maximum Gasteiger partial charge on any atom is 0.129 e. The van der Waals surface area contributed by atoms with Crippen LogP contribution in [0.15, 0.2) is 49.8 Å². The summed E-state index contributed by atoms with van der Waals surface area (Å²) in [5.41, 5.74) is 3.26. The smallest absolute Gasteiger partial charge is 0.129 e. The minimum atomic E-state index is 0.930. The summed E-state index contributed by atoms with van der Waals surface area (Å²) in [4.78, 5) is 18.6. The molecule has 6 heteroatoms. The van der Waals surface area contributed by atoms with E-state index in [2.05, 4.69) is 63.0 Å². The lowest BCUT2D eigenvalue weighted by atomic mass is 10.1. The maximum absolute atomic E-state index is 4.72. The van der Waals surface area contributed by atoms with Gasteiger partial charge in [0.15, 0.2) is 0 Å². The van der Waals surface area contributed by atoms with Gasteiger partial charge in [-0.3, -0.25) is 0 Å². The third-order valence-corrected chi connectivity index (χ3v) is 5.90. The zero-order valence-electron chi connectivity index (χ0n) is 17.3. The summed E-state index contributed by atoms with van der Waals surface area (Å²) in [7, 11) is 2.17. The lowest BCUT2D eigenvalue weighted by Gasteiger charge is -2.37. The highest BCUT2D eigenvalue weighted by atomic mass is 15.3. The molecule has 29 heavy (non-hydrogen) atoms. The molecule has 2 aliphatic rings. The topological polar surface area (TPSA) is 38.7 Å². The highest BCUT2D eigenvalue weighted by Gasteiger charge is 2.20. The zero-order chi connectivity index (χ0) is 20.2. The Kier molecular flexibility index (Phi) is 5.81. The van der Waals surface area contributed by atoms with Gasteiger partial charge in [-0.05, 0) is 36.9 Å². The largest absolute Gasteiger partial charge is 0.368 e. The molecule has 4 heterocycles. The number of rotatable bonds is 5. The van der Waals surface area contributed by atoms with E-state index in [1.54, 1.807) is 0 Å². The Bertz CT molecular complexity index is 846. The molecule has 2 fully saturated rings. The number of pyridine rings is 2. The highest BCUT2D eigenvalue weighted by molar-refractivity contribution is 5.63. The minimum absolute atomic E-state index is 0.930. The van der Waals surface area contributed by atoms with E-state index in [1.165, 1.54) is 0 Å². The van der Waals surface area contributed by atoms with Gasteiger partial charge in [-0.2, -0.15) is 0 Å². The number of hydrogen-bond acceptors (Lipinski definition) is 6. The Balaban J connectivity index is 1.35. The van der Waals surface area contributed by atoms with Crippen molar-refractivity contribution in [2.75, 3.05) is 69.2 Å². The first-order valence-corrected chi connectivity index (χ1v) is 10.3. The molecule has 0 saturated carbocycles. The number of anilines is 2. The van der Waals surface area contributed by atoms with Gasteiger partial charge in [0.1, 0.15) is 11.6 Å². The van der Waals surface area contributed by atoms with Crippen LogP contribution in [0.2, 0.25) is 0 Å². The van der Waals surface area contributed by atoms with Crippen molar-refractivity contribution in [1.82, 2.24) is 19.8 Å². The molecule has 4 rings (SSSR count). The quantitative estimate of drug-likeness (QED) is 0.782. The molecule has 0 bridgehead atoms. The summed E-state index contributed by atoms with van der Waals surface area (Å²) in [5, 5.41) is 0. The van der Waals surface area contributed by atoms with E-state index in [9.17, 15) is 0 Å². The number of hydrogen-bond donors (Lipinski definition) is 0. The van der Waals surface area contributed by atoms with E-state index < -0.39 is 0 Å². The third kappa shape index (κ3) is 4.43. The van der Waals surface area contributed by atoms with Crippen LogP contribution in [0.4, 0.5) is 11.6 Å². The standard InChI is InChI=1S/C23H30N6/c1-4-20-7-8-24-23(17-20)29-15-13-27(14-16-29)19(2)21-5-6-22(25-18-21)28-11-9-26(3)10-12-28/h4-8,17-18H,1-2,9-16H2,3H3.